The molecule has 2 unspecified atom stereocenters. The number of pyridine rings is 1. The topological polar surface area (TPSA) is 88.3 Å². The van der Waals surface area contributed by atoms with E-state index < -0.39 is 0 Å². The van der Waals surface area contributed by atoms with Crippen molar-refractivity contribution in [3.05, 3.63) is 40.1 Å². The first-order valence-electron chi connectivity index (χ1n) is 8.02. The summed E-state index contributed by atoms with van der Waals surface area (Å²) in [5, 5.41) is 24.8. The van der Waals surface area contributed by atoms with Crippen LogP contribution >= 0.6 is 0 Å². The standard InChI is InChI=1S/C17H21N3O3/c1-11-10-15(19-14-6-2-4-12(14)8-9-21)13-5-3-7-16(20(22)23)17(13)18-11/h3,5,7,10,12,14,21H,2,4,6,8-9H2,1H3,(H,18,19). The number of para-hydroxylation sites is 1. The first kappa shape index (κ1) is 15.7. The SMILES string of the molecule is Cc1cc(NC2CCCC2CCO)c2cccc([N+](=O)[O-])c2n1. The van der Waals surface area contributed by atoms with Crippen molar-refractivity contribution in [3.8, 4) is 0 Å². The van der Waals surface area contributed by atoms with Crippen LogP contribution in [0.25, 0.3) is 10.9 Å². The summed E-state index contributed by atoms with van der Waals surface area (Å²) in [7, 11) is 0. The second-order valence-electron chi connectivity index (χ2n) is 6.20. The zero-order valence-electron chi connectivity index (χ0n) is 13.2. The molecular formula is C17H21N3O3. The first-order chi connectivity index (χ1) is 11.1. The Balaban J connectivity index is 2.00. The number of aromatic nitrogens is 1. The van der Waals surface area contributed by atoms with Crippen molar-refractivity contribution in [1.29, 1.82) is 0 Å². The van der Waals surface area contributed by atoms with Crippen molar-refractivity contribution in [2.24, 2.45) is 5.92 Å². The fourth-order valence-electron chi connectivity index (χ4n) is 3.57. The van der Waals surface area contributed by atoms with Crippen molar-refractivity contribution in [1.82, 2.24) is 4.98 Å². The highest BCUT2D eigenvalue weighted by molar-refractivity contribution is 5.96. The lowest BCUT2D eigenvalue weighted by Crippen LogP contribution is -2.25. The molecule has 1 fully saturated rings. The smallest absolute Gasteiger partial charge is 0.295 e. The number of nitrogens with one attached hydrogen (secondary N) is 1. The molecule has 1 heterocycles. The number of hydrogen-bond acceptors (Lipinski definition) is 5. The number of rotatable bonds is 5. The third kappa shape index (κ3) is 3.12. The zero-order chi connectivity index (χ0) is 16.4. The minimum Gasteiger partial charge on any atom is -0.396 e. The molecular weight excluding hydrogens is 294 g/mol. The van der Waals surface area contributed by atoms with Crippen LogP contribution in [0.5, 0.6) is 0 Å². The van der Waals surface area contributed by atoms with Gasteiger partial charge < -0.3 is 10.4 Å². The molecule has 0 spiro atoms. The predicted molar refractivity (Wildman–Crippen MR) is 89.6 cm³/mol. The van der Waals surface area contributed by atoms with Crippen LogP contribution in [0.4, 0.5) is 11.4 Å². The van der Waals surface area contributed by atoms with Gasteiger partial charge in [0, 0.05) is 35.5 Å². The van der Waals surface area contributed by atoms with E-state index in [0.29, 0.717) is 17.5 Å². The zero-order valence-corrected chi connectivity index (χ0v) is 13.2. The Labute approximate surface area is 134 Å². The molecule has 6 nitrogen and oxygen atoms in total. The van der Waals surface area contributed by atoms with Gasteiger partial charge in [-0.3, -0.25) is 10.1 Å². The summed E-state index contributed by atoms with van der Waals surface area (Å²) in [4.78, 5) is 15.2. The number of aliphatic hydroxyl groups excluding tert-OH is 1. The van der Waals surface area contributed by atoms with Gasteiger partial charge in [0.05, 0.1) is 4.92 Å². The normalized spacial score (nSPS) is 20.8. The maximum absolute atomic E-state index is 11.2. The van der Waals surface area contributed by atoms with Gasteiger partial charge in [-0.2, -0.15) is 0 Å². The number of nitrogens with zero attached hydrogens (tertiary/aromatic N) is 2. The number of anilines is 1. The monoisotopic (exact) mass is 315 g/mol. The minimum atomic E-state index is -0.386. The Morgan fingerprint density at radius 3 is 3.00 bits per heavy atom. The van der Waals surface area contributed by atoms with Crippen molar-refractivity contribution >= 4 is 22.3 Å². The molecule has 0 bridgehead atoms. The van der Waals surface area contributed by atoms with E-state index in [2.05, 4.69) is 10.3 Å². The Kier molecular flexibility index (Phi) is 4.43. The van der Waals surface area contributed by atoms with Crippen molar-refractivity contribution in [3.63, 3.8) is 0 Å². The van der Waals surface area contributed by atoms with Gasteiger partial charge in [0.1, 0.15) is 0 Å². The summed E-state index contributed by atoms with van der Waals surface area (Å²) in [6.07, 6.45) is 4.10. The molecule has 2 aromatic rings. The summed E-state index contributed by atoms with van der Waals surface area (Å²) in [5.41, 5.74) is 2.11. The van der Waals surface area contributed by atoms with Gasteiger partial charge in [-0.25, -0.2) is 4.98 Å². The van der Waals surface area contributed by atoms with Gasteiger partial charge in [-0.1, -0.05) is 18.6 Å². The minimum absolute atomic E-state index is 0.0348. The summed E-state index contributed by atoms with van der Waals surface area (Å²) >= 11 is 0. The maximum Gasteiger partial charge on any atom is 0.295 e. The molecule has 1 saturated carbocycles. The quantitative estimate of drug-likeness (QED) is 0.652. The Morgan fingerprint density at radius 1 is 1.43 bits per heavy atom. The van der Waals surface area contributed by atoms with Crippen LogP contribution in [0, 0.1) is 23.0 Å². The van der Waals surface area contributed by atoms with E-state index in [4.69, 9.17) is 0 Å². The average Bonchev–Trinajstić information content (AvgIpc) is 2.94. The molecule has 0 saturated heterocycles. The first-order valence-corrected chi connectivity index (χ1v) is 8.02. The van der Waals surface area contributed by atoms with Crippen molar-refractivity contribution in [2.75, 3.05) is 11.9 Å². The van der Waals surface area contributed by atoms with E-state index in [1.165, 1.54) is 6.07 Å². The van der Waals surface area contributed by atoms with Crippen molar-refractivity contribution in [2.45, 2.75) is 38.6 Å². The molecule has 0 aliphatic heterocycles. The highest BCUT2D eigenvalue weighted by Crippen LogP contribution is 2.35. The molecule has 1 aliphatic rings. The van der Waals surface area contributed by atoms with Crippen LogP contribution in [0.3, 0.4) is 0 Å². The number of nitro benzene ring substituents is 1. The Morgan fingerprint density at radius 2 is 2.26 bits per heavy atom. The fourth-order valence-corrected chi connectivity index (χ4v) is 3.57. The van der Waals surface area contributed by atoms with Gasteiger partial charge in [0.25, 0.3) is 5.69 Å². The van der Waals surface area contributed by atoms with Crippen LogP contribution in [-0.4, -0.2) is 27.7 Å². The molecule has 23 heavy (non-hydrogen) atoms. The molecule has 1 aromatic heterocycles. The van der Waals surface area contributed by atoms with Gasteiger partial charge in [-0.15, -0.1) is 0 Å². The molecule has 1 aromatic carbocycles. The van der Waals surface area contributed by atoms with Gasteiger partial charge in [-0.05, 0) is 38.2 Å². The number of fused-ring (bicyclic) bond motifs is 1. The lowest BCUT2D eigenvalue weighted by molar-refractivity contribution is -0.383. The number of aliphatic hydroxyl groups is 1. The van der Waals surface area contributed by atoms with Crippen molar-refractivity contribution < 1.29 is 10.0 Å². The molecule has 0 radical (unpaired) electrons. The fraction of sp³-hybridized carbons (Fsp3) is 0.471. The summed E-state index contributed by atoms with van der Waals surface area (Å²) in [6.45, 7) is 2.05. The summed E-state index contributed by atoms with van der Waals surface area (Å²) in [5.74, 6) is 0.446. The van der Waals surface area contributed by atoms with Crippen LogP contribution < -0.4 is 5.32 Å². The molecule has 6 heteroatoms. The lowest BCUT2D eigenvalue weighted by Gasteiger charge is -2.22. The second-order valence-corrected chi connectivity index (χ2v) is 6.20. The van der Waals surface area contributed by atoms with Crippen LogP contribution in [0.1, 0.15) is 31.4 Å². The summed E-state index contributed by atoms with van der Waals surface area (Å²) < 4.78 is 0. The van der Waals surface area contributed by atoms with E-state index >= 15 is 0 Å². The maximum atomic E-state index is 11.2. The largest absolute Gasteiger partial charge is 0.396 e. The van der Waals surface area contributed by atoms with Crippen LogP contribution in [-0.2, 0) is 0 Å². The number of nitro groups is 1. The Bertz CT molecular complexity index is 732. The van der Waals surface area contributed by atoms with Crippen LogP contribution in [0.2, 0.25) is 0 Å². The van der Waals surface area contributed by atoms with Gasteiger partial charge >= 0.3 is 0 Å². The number of aryl methyl sites for hydroxylation is 1. The van der Waals surface area contributed by atoms with E-state index in [1.807, 2.05) is 19.1 Å². The molecule has 2 atom stereocenters. The predicted octanol–water partition coefficient (Wildman–Crippen LogP) is 3.41. The Hall–Kier alpha value is -2.21. The number of non-ortho nitro benzene ring substituents is 1. The van der Waals surface area contributed by atoms with Crippen LogP contribution in [0.15, 0.2) is 24.3 Å². The molecule has 1 aliphatic carbocycles. The van der Waals surface area contributed by atoms with Gasteiger partial charge in [0.2, 0.25) is 0 Å². The van der Waals surface area contributed by atoms with E-state index in [1.54, 1.807) is 6.07 Å². The number of hydrogen-bond donors (Lipinski definition) is 2. The van der Waals surface area contributed by atoms with E-state index in [-0.39, 0.29) is 17.2 Å². The second kappa shape index (κ2) is 6.50. The molecule has 0 amide bonds. The highest BCUT2D eigenvalue weighted by Gasteiger charge is 2.27. The lowest BCUT2D eigenvalue weighted by atomic mass is 9.99. The third-order valence-electron chi connectivity index (χ3n) is 4.64. The van der Waals surface area contributed by atoms with E-state index in [9.17, 15) is 15.2 Å². The summed E-state index contributed by atoms with van der Waals surface area (Å²) in [6, 6.07) is 7.30. The van der Waals surface area contributed by atoms with E-state index in [0.717, 1.165) is 42.5 Å². The average molecular weight is 315 g/mol. The van der Waals surface area contributed by atoms with Gasteiger partial charge in [0.15, 0.2) is 5.52 Å². The molecule has 2 N–H and O–H groups in total. The highest BCUT2D eigenvalue weighted by atomic mass is 16.6. The molecule has 3 rings (SSSR count). The molecule has 122 valence electrons. The number of benzene rings is 1. The third-order valence-corrected chi connectivity index (χ3v) is 4.64.